The minimum atomic E-state index is -0.970. The zero-order chi connectivity index (χ0) is 26.2. The standard InChI is InChI=1S/C26H41N3O5S/c1-6-14-29(24(32)20(16-35)28-25(33)34-26(3,4)5)22(18-12-13-21(30)17(2)15-18)23(31)27-19-10-8-7-9-11-19/h12-13,15,19-20,22,30,35H,6-11,14,16H2,1-5H3,(H,27,31)(H,28,33). The van der Waals surface area contributed by atoms with Crippen molar-refractivity contribution in [2.24, 2.45) is 0 Å². The smallest absolute Gasteiger partial charge is 0.408 e. The van der Waals surface area contributed by atoms with Gasteiger partial charge in [0.2, 0.25) is 11.8 Å². The van der Waals surface area contributed by atoms with E-state index >= 15 is 0 Å². The molecule has 0 heterocycles. The zero-order valence-electron chi connectivity index (χ0n) is 21.6. The third kappa shape index (κ3) is 8.63. The van der Waals surface area contributed by atoms with E-state index in [-0.39, 0.29) is 23.5 Å². The summed E-state index contributed by atoms with van der Waals surface area (Å²) in [5.74, 6) is -0.515. The number of carbonyl (C=O) groups is 3. The van der Waals surface area contributed by atoms with Crippen molar-refractivity contribution in [3.63, 3.8) is 0 Å². The molecule has 1 aromatic rings. The van der Waals surface area contributed by atoms with Gasteiger partial charge in [0.1, 0.15) is 23.4 Å². The number of phenols is 1. The number of alkyl carbamates (subject to hydrolysis) is 1. The van der Waals surface area contributed by atoms with Gasteiger partial charge < -0.3 is 25.4 Å². The number of hydrogen-bond donors (Lipinski definition) is 4. The molecule has 196 valence electrons. The first-order valence-corrected chi connectivity index (χ1v) is 13.1. The van der Waals surface area contributed by atoms with E-state index in [1.54, 1.807) is 39.8 Å². The number of hydrogen-bond acceptors (Lipinski definition) is 6. The van der Waals surface area contributed by atoms with Crippen molar-refractivity contribution >= 4 is 30.5 Å². The Labute approximate surface area is 214 Å². The highest BCUT2D eigenvalue weighted by Gasteiger charge is 2.36. The molecule has 35 heavy (non-hydrogen) atoms. The molecule has 0 aromatic heterocycles. The lowest BCUT2D eigenvalue weighted by Crippen LogP contribution is -2.54. The maximum absolute atomic E-state index is 13.7. The number of ether oxygens (including phenoxy) is 1. The maximum Gasteiger partial charge on any atom is 0.408 e. The normalized spacial score (nSPS) is 16.2. The van der Waals surface area contributed by atoms with E-state index in [0.717, 1.165) is 32.1 Å². The van der Waals surface area contributed by atoms with Crippen LogP contribution < -0.4 is 10.6 Å². The Morgan fingerprint density at radius 3 is 2.40 bits per heavy atom. The molecule has 3 amide bonds. The Balaban J connectivity index is 2.38. The van der Waals surface area contributed by atoms with E-state index < -0.39 is 29.7 Å². The molecule has 1 saturated carbocycles. The van der Waals surface area contributed by atoms with Crippen molar-refractivity contribution in [1.82, 2.24) is 15.5 Å². The van der Waals surface area contributed by atoms with Crippen LogP contribution >= 0.6 is 12.6 Å². The number of thiol groups is 1. The summed E-state index contributed by atoms with van der Waals surface area (Å²) in [6, 6.07) is 3.12. The monoisotopic (exact) mass is 507 g/mol. The molecule has 0 saturated heterocycles. The number of carbonyl (C=O) groups excluding carboxylic acids is 3. The molecule has 1 aromatic carbocycles. The Bertz CT molecular complexity index is 880. The van der Waals surface area contributed by atoms with Gasteiger partial charge in [0.15, 0.2) is 0 Å². The Morgan fingerprint density at radius 2 is 1.86 bits per heavy atom. The molecular formula is C26H41N3O5S. The Hall–Kier alpha value is -2.42. The third-order valence-corrected chi connectivity index (χ3v) is 6.33. The summed E-state index contributed by atoms with van der Waals surface area (Å²) in [6.45, 7) is 9.21. The average Bonchev–Trinajstić information content (AvgIpc) is 2.78. The lowest BCUT2D eigenvalue weighted by atomic mass is 9.94. The summed E-state index contributed by atoms with van der Waals surface area (Å²) >= 11 is 4.30. The van der Waals surface area contributed by atoms with Crippen LogP contribution in [-0.2, 0) is 14.3 Å². The van der Waals surface area contributed by atoms with Crippen LogP contribution in [0.15, 0.2) is 18.2 Å². The lowest BCUT2D eigenvalue weighted by molar-refractivity contribution is -0.142. The molecule has 1 aliphatic carbocycles. The summed E-state index contributed by atoms with van der Waals surface area (Å²) in [4.78, 5) is 41.2. The van der Waals surface area contributed by atoms with Gasteiger partial charge in [-0.2, -0.15) is 12.6 Å². The summed E-state index contributed by atoms with van der Waals surface area (Å²) < 4.78 is 5.32. The fourth-order valence-electron chi connectivity index (χ4n) is 4.29. The van der Waals surface area contributed by atoms with E-state index in [9.17, 15) is 19.5 Å². The zero-order valence-corrected chi connectivity index (χ0v) is 22.5. The topological polar surface area (TPSA) is 108 Å². The second-order valence-electron chi connectivity index (χ2n) is 10.2. The molecule has 1 aliphatic rings. The Morgan fingerprint density at radius 1 is 1.20 bits per heavy atom. The third-order valence-electron chi connectivity index (χ3n) is 5.97. The van der Waals surface area contributed by atoms with Crippen molar-refractivity contribution in [2.75, 3.05) is 12.3 Å². The highest BCUT2D eigenvalue weighted by Crippen LogP contribution is 2.28. The van der Waals surface area contributed by atoms with Gasteiger partial charge in [-0.25, -0.2) is 4.79 Å². The van der Waals surface area contributed by atoms with Crippen LogP contribution in [0.4, 0.5) is 4.79 Å². The summed E-state index contributed by atoms with van der Waals surface area (Å²) in [6.07, 6.45) is 5.00. The molecule has 2 unspecified atom stereocenters. The van der Waals surface area contributed by atoms with Gasteiger partial charge in [-0.3, -0.25) is 9.59 Å². The van der Waals surface area contributed by atoms with Crippen LogP contribution in [0.3, 0.4) is 0 Å². The molecule has 9 heteroatoms. The molecule has 2 atom stereocenters. The van der Waals surface area contributed by atoms with E-state index in [0.29, 0.717) is 24.1 Å². The minimum Gasteiger partial charge on any atom is -0.508 e. The van der Waals surface area contributed by atoms with Crippen LogP contribution in [0, 0.1) is 6.92 Å². The molecule has 8 nitrogen and oxygen atoms in total. The van der Waals surface area contributed by atoms with Crippen molar-refractivity contribution in [1.29, 1.82) is 0 Å². The Kier molecular flexibility index (Phi) is 10.7. The highest BCUT2D eigenvalue weighted by molar-refractivity contribution is 7.80. The molecule has 3 N–H and O–H groups in total. The number of phenolic OH excluding ortho intramolecular Hbond substituents is 1. The molecule has 0 radical (unpaired) electrons. The van der Waals surface area contributed by atoms with Crippen molar-refractivity contribution in [3.8, 4) is 5.75 Å². The van der Waals surface area contributed by atoms with Gasteiger partial charge in [0.25, 0.3) is 0 Å². The van der Waals surface area contributed by atoms with Gasteiger partial charge in [-0.05, 0) is 70.2 Å². The number of nitrogens with zero attached hydrogens (tertiary/aromatic N) is 1. The number of rotatable bonds is 9. The van der Waals surface area contributed by atoms with Crippen molar-refractivity contribution in [2.45, 2.75) is 96.9 Å². The molecular weight excluding hydrogens is 466 g/mol. The quantitative estimate of drug-likeness (QED) is 0.374. The fraction of sp³-hybridized carbons (Fsp3) is 0.654. The second kappa shape index (κ2) is 13.0. The van der Waals surface area contributed by atoms with Crippen LogP contribution in [0.25, 0.3) is 0 Å². The lowest BCUT2D eigenvalue weighted by Gasteiger charge is -2.35. The first-order chi connectivity index (χ1) is 16.5. The largest absolute Gasteiger partial charge is 0.508 e. The number of benzene rings is 1. The van der Waals surface area contributed by atoms with Crippen molar-refractivity contribution in [3.05, 3.63) is 29.3 Å². The van der Waals surface area contributed by atoms with Gasteiger partial charge in [-0.1, -0.05) is 32.3 Å². The average molecular weight is 508 g/mol. The van der Waals surface area contributed by atoms with Gasteiger partial charge in [0, 0.05) is 18.3 Å². The SMILES string of the molecule is CCCN(C(=O)C(CS)NC(=O)OC(C)(C)C)C(C(=O)NC1CCCCC1)c1ccc(O)c(C)c1. The number of amides is 3. The molecule has 0 bridgehead atoms. The molecule has 2 rings (SSSR count). The van der Waals surface area contributed by atoms with E-state index in [1.165, 1.54) is 11.0 Å². The maximum atomic E-state index is 13.7. The minimum absolute atomic E-state index is 0.0455. The fourth-order valence-corrected chi connectivity index (χ4v) is 4.54. The predicted molar refractivity (Wildman–Crippen MR) is 140 cm³/mol. The van der Waals surface area contributed by atoms with Crippen LogP contribution in [-0.4, -0.2) is 57.9 Å². The molecule has 0 spiro atoms. The summed E-state index contributed by atoms with van der Waals surface area (Å²) in [7, 11) is 0. The second-order valence-corrected chi connectivity index (χ2v) is 10.6. The summed E-state index contributed by atoms with van der Waals surface area (Å²) in [5, 5.41) is 15.8. The van der Waals surface area contributed by atoms with Gasteiger partial charge in [0.05, 0.1) is 0 Å². The van der Waals surface area contributed by atoms with E-state index in [2.05, 4.69) is 23.3 Å². The molecule has 0 aliphatic heterocycles. The number of nitrogens with one attached hydrogen (secondary N) is 2. The van der Waals surface area contributed by atoms with Crippen LogP contribution in [0.2, 0.25) is 0 Å². The highest BCUT2D eigenvalue weighted by atomic mass is 32.1. The van der Waals surface area contributed by atoms with E-state index in [1.807, 2.05) is 6.92 Å². The van der Waals surface area contributed by atoms with Crippen LogP contribution in [0.5, 0.6) is 5.75 Å². The first kappa shape index (κ1) is 28.8. The van der Waals surface area contributed by atoms with Gasteiger partial charge in [-0.15, -0.1) is 0 Å². The van der Waals surface area contributed by atoms with Crippen molar-refractivity contribution < 1.29 is 24.2 Å². The predicted octanol–water partition coefficient (Wildman–Crippen LogP) is 4.25. The number of aryl methyl sites for hydroxylation is 1. The first-order valence-electron chi connectivity index (χ1n) is 12.5. The summed E-state index contributed by atoms with van der Waals surface area (Å²) in [5.41, 5.74) is 0.494. The van der Waals surface area contributed by atoms with Gasteiger partial charge >= 0.3 is 6.09 Å². The molecule has 1 fully saturated rings. The van der Waals surface area contributed by atoms with E-state index in [4.69, 9.17) is 4.74 Å². The number of aromatic hydroxyl groups is 1. The van der Waals surface area contributed by atoms with Crippen LogP contribution in [0.1, 0.15) is 83.4 Å².